The van der Waals surface area contributed by atoms with E-state index in [4.69, 9.17) is 5.11 Å². The molecule has 0 aromatic heterocycles. The smallest absolute Gasteiger partial charge is 0.326 e. The van der Waals surface area contributed by atoms with Crippen molar-refractivity contribution in [3.63, 3.8) is 0 Å². The SMILES string of the molecule is CCC(C(=O)O)N1C(=O)C(Br)=C(Br)C1=O. The lowest BCUT2D eigenvalue weighted by molar-refractivity contribution is -0.153. The lowest BCUT2D eigenvalue weighted by atomic mass is 10.2. The highest BCUT2D eigenvalue weighted by Crippen LogP contribution is 2.31. The monoisotopic (exact) mass is 339 g/mol. The van der Waals surface area contributed by atoms with Gasteiger partial charge >= 0.3 is 5.97 Å². The van der Waals surface area contributed by atoms with Crippen LogP contribution in [0.1, 0.15) is 13.3 Å². The van der Waals surface area contributed by atoms with Gasteiger partial charge in [0.15, 0.2) is 0 Å². The number of hydrogen-bond acceptors (Lipinski definition) is 3. The molecule has 0 spiro atoms. The summed E-state index contributed by atoms with van der Waals surface area (Å²) in [5, 5.41) is 8.85. The van der Waals surface area contributed by atoms with Gasteiger partial charge in [0.1, 0.15) is 15.0 Å². The third kappa shape index (κ3) is 1.98. The Morgan fingerprint density at radius 2 is 1.73 bits per heavy atom. The van der Waals surface area contributed by atoms with Crippen LogP contribution in [0.15, 0.2) is 8.96 Å². The van der Waals surface area contributed by atoms with Gasteiger partial charge in [-0.3, -0.25) is 14.5 Å². The number of hydrogen-bond donors (Lipinski definition) is 1. The maximum absolute atomic E-state index is 11.5. The average molecular weight is 341 g/mol. The fraction of sp³-hybridized carbons (Fsp3) is 0.375. The average Bonchev–Trinajstić information content (AvgIpc) is 2.36. The van der Waals surface area contributed by atoms with E-state index in [-0.39, 0.29) is 15.4 Å². The minimum Gasteiger partial charge on any atom is -0.480 e. The first-order valence-electron chi connectivity index (χ1n) is 4.07. The highest BCUT2D eigenvalue weighted by molar-refractivity contribution is 9.14. The molecule has 5 nitrogen and oxygen atoms in total. The number of amides is 2. The van der Waals surface area contributed by atoms with Crippen LogP contribution in [-0.2, 0) is 14.4 Å². The normalized spacial score (nSPS) is 18.7. The number of carboxylic acid groups (broad SMARTS) is 1. The molecule has 1 atom stereocenters. The molecule has 0 saturated carbocycles. The summed E-state index contributed by atoms with van der Waals surface area (Å²) in [4.78, 5) is 34.6. The lowest BCUT2D eigenvalue weighted by Gasteiger charge is -2.21. The van der Waals surface area contributed by atoms with Gasteiger partial charge in [0.2, 0.25) is 0 Å². The number of aliphatic carboxylic acids is 1. The van der Waals surface area contributed by atoms with E-state index in [1.54, 1.807) is 6.92 Å². The zero-order valence-corrected chi connectivity index (χ0v) is 10.8. The molecule has 0 bridgehead atoms. The summed E-state index contributed by atoms with van der Waals surface area (Å²) < 4.78 is 0.124. The minimum absolute atomic E-state index is 0.0622. The second-order valence-electron chi connectivity index (χ2n) is 2.87. The first-order chi connectivity index (χ1) is 6.91. The van der Waals surface area contributed by atoms with E-state index < -0.39 is 23.8 Å². The Labute approximate surface area is 102 Å². The van der Waals surface area contributed by atoms with Gasteiger partial charge in [-0.25, -0.2) is 4.79 Å². The van der Waals surface area contributed by atoms with Crippen LogP contribution in [0.5, 0.6) is 0 Å². The summed E-state index contributed by atoms with van der Waals surface area (Å²) in [5.74, 6) is -2.44. The third-order valence-electron chi connectivity index (χ3n) is 1.99. The molecule has 0 saturated heterocycles. The maximum Gasteiger partial charge on any atom is 0.326 e. The number of carbonyl (C=O) groups is 3. The number of halogens is 2. The van der Waals surface area contributed by atoms with E-state index in [9.17, 15) is 14.4 Å². The molecule has 2 amide bonds. The Morgan fingerprint density at radius 1 is 1.33 bits per heavy atom. The van der Waals surface area contributed by atoms with Crippen molar-refractivity contribution in [2.45, 2.75) is 19.4 Å². The molecule has 0 aromatic rings. The number of imide groups is 1. The second-order valence-corrected chi connectivity index (χ2v) is 4.46. The van der Waals surface area contributed by atoms with Gasteiger partial charge in [-0.2, -0.15) is 0 Å². The van der Waals surface area contributed by atoms with Crippen molar-refractivity contribution in [2.75, 3.05) is 0 Å². The Kier molecular flexibility index (Phi) is 3.67. The topological polar surface area (TPSA) is 74.7 Å². The minimum atomic E-state index is -1.19. The van der Waals surface area contributed by atoms with Gasteiger partial charge < -0.3 is 5.11 Å². The predicted molar refractivity (Wildman–Crippen MR) is 58.4 cm³/mol. The van der Waals surface area contributed by atoms with Crippen LogP contribution in [-0.4, -0.2) is 33.8 Å². The van der Waals surface area contributed by atoms with Gasteiger partial charge in [-0.05, 0) is 38.3 Å². The quantitative estimate of drug-likeness (QED) is 0.784. The zero-order valence-electron chi connectivity index (χ0n) is 7.66. The molecule has 0 fully saturated rings. The van der Waals surface area contributed by atoms with Crippen molar-refractivity contribution in [1.82, 2.24) is 4.90 Å². The van der Waals surface area contributed by atoms with Gasteiger partial charge in [0, 0.05) is 0 Å². The maximum atomic E-state index is 11.5. The molecule has 1 heterocycles. The van der Waals surface area contributed by atoms with Crippen LogP contribution in [0.25, 0.3) is 0 Å². The highest BCUT2D eigenvalue weighted by atomic mass is 79.9. The zero-order chi connectivity index (χ0) is 11.7. The Morgan fingerprint density at radius 3 is 2.00 bits per heavy atom. The summed E-state index contributed by atoms with van der Waals surface area (Å²) in [6.07, 6.45) is 0.174. The van der Waals surface area contributed by atoms with Crippen molar-refractivity contribution < 1.29 is 19.5 Å². The second kappa shape index (κ2) is 4.44. The Bertz CT molecular complexity index is 353. The molecule has 0 aromatic carbocycles. The van der Waals surface area contributed by atoms with Crippen LogP contribution >= 0.6 is 31.9 Å². The van der Waals surface area contributed by atoms with Crippen LogP contribution < -0.4 is 0 Å². The van der Waals surface area contributed by atoms with Gasteiger partial charge in [-0.1, -0.05) is 6.92 Å². The summed E-state index contributed by atoms with van der Waals surface area (Å²) in [5.41, 5.74) is 0. The van der Waals surface area contributed by atoms with E-state index in [2.05, 4.69) is 31.9 Å². The van der Waals surface area contributed by atoms with E-state index in [0.717, 1.165) is 4.90 Å². The van der Waals surface area contributed by atoms with Crippen LogP contribution in [0, 0.1) is 0 Å². The first-order valence-corrected chi connectivity index (χ1v) is 5.66. The van der Waals surface area contributed by atoms with Crippen molar-refractivity contribution in [3.8, 4) is 0 Å². The van der Waals surface area contributed by atoms with Gasteiger partial charge in [0.25, 0.3) is 11.8 Å². The molecule has 1 aliphatic heterocycles. The van der Waals surface area contributed by atoms with Crippen molar-refractivity contribution in [2.24, 2.45) is 0 Å². The molecular formula is C8H7Br2NO4. The molecule has 1 N–H and O–H groups in total. The molecule has 1 aliphatic rings. The van der Waals surface area contributed by atoms with Gasteiger partial charge in [0.05, 0.1) is 0 Å². The summed E-state index contributed by atoms with van der Waals surface area (Å²) in [7, 11) is 0. The van der Waals surface area contributed by atoms with E-state index >= 15 is 0 Å². The number of rotatable bonds is 3. The van der Waals surface area contributed by atoms with Gasteiger partial charge in [-0.15, -0.1) is 0 Å². The molecule has 0 aliphatic carbocycles. The van der Waals surface area contributed by atoms with Crippen LogP contribution in [0.2, 0.25) is 0 Å². The molecule has 7 heteroatoms. The number of carboxylic acids is 1. The third-order valence-corrected chi connectivity index (χ3v) is 3.99. The molecule has 1 rings (SSSR count). The van der Waals surface area contributed by atoms with Crippen molar-refractivity contribution in [3.05, 3.63) is 8.96 Å². The fourth-order valence-electron chi connectivity index (χ4n) is 1.24. The van der Waals surface area contributed by atoms with E-state index in [1.807, 2.05) is 0 Å². The molecule has 0 radical (unpaired) electrons. The standard InChI is InChI=1S/C8H7Br2NO4/c1-2-3(8(14)15)11-6(12)4(9)5(10)7(11)13/h3H,2H2,1H3,(H,14,15). The molecular weight excluding hydrogens is 334 g/mol. The lowest BCUT2D eigenvalue weighted by Crippen LogP contribution is -2.45. The Hall–Kier alpha value is -0.690. The molecule has 82 valence electrons. The van der Waals surface area contributed by atoms with E-state index in [1.165, 1.54) is 0 Å². The fourth-order valence-corrected chi connectivity index (χ4v) is 1.96. The Balaban J connectivity index is 3.06. The number of carbonyl (C=O) groups excluding carboxylic acids is 2. The first kappa shape index (κ1) is 12.4. The van der Waals surface area contributed by atoms with E-state index in [0.29, 0.717) is 0 Å². The largest absolute Gasteiger partial charge is 0.480 e. The highest BCUT2D eigenvalue weighted by Gasteiger charge is 2.42. The summed E-state index contributed by atoms with van der Waals surface area (Å²) in [6.45, 7) is 1.60. The molecule has 1 unspecified atom stereocenters. The van der Waals surface area contributed by atoms with Crippen molar-refractivity contribution in [1.29, 1.82) is 0 Å². The summed E-state index contributed by atoms with van der Waals surface area (Å²) >= 11 is 5.85. The molecule has 15 heavy (non-hydrogen) atoms. The van der Waals surface area contributed by atoms with Crippen LogP contribution in [0.3, 0.4) is 0 Å². The van der Waals surface area contributed by atoms with Crippen LogP contribution in [0.4, 0.5) is 0 Å². The van der Waals surface area contributed by atoms with Crippen molar-refractivity contribution >= 4 is 49.6 Å². The number of nitrogens with zero attached hydrogens (tertiary/aromatic N) is 1. The predicted octanol–water partition coefficient (Wildman–Crippen LogP) is 1.22. The summed E-state index contributed by atoms with van der Waals surface area (Å²) in [6, 6.07) is -1.12.